The van der Waals surface area contributed by atoms with Crippen molar-refractivity contribution >= 4 is 6.41 Å². The van der Waals surface area contributed by atoms with Crippen molar-refractivity contribution in [3.63, 3.8) is 0 Å². The standard InChI is InChI=1S/C25H33FN2O2/c1-24(18-28(19-29)17-20-8-10-23(30-4)11-9-20)12-14-25(15-13-24,27(2)3)21-6-5-7-22(26)16-21/h5-11,16,19H,12-15,17-18H2,1-4H3/t24-,25-. The normalized spacial score (nSPS) is 23.9. The van der Waals surface area contributed by atoms with Gasteiger partial charge < -0.3 is 9.64 Å². The lowest BCUT2D eigenvalue weighted by Crippen LogP contribution is -2.48. The number of hydrogen-bond acceptors (Lipinski definition) is 3. The zero-order valence-electron chi connectivity index (χ0n) is 18.5. The van der Waals surface area contributed by atoms with Gasteiger partial charge in [-0.3, -0.25) is 9.69 Å². The minimum absolute atomic E-state index is 0.0419. The number of carbonyl (C=O) groups excluding carboxylic acids is 1. The maximum Gasteiger partial charge on any atom is 0.210 e. The van der Waals surface area contributed by atoms with E-state index >= 15 is 0 Å². The van der Waals surface area contributed by atoms with E-state index in [-0.39, 0.29) is 16.8 Å². The molecule has 30 heavy (non-hydrogen) atoms. The van der Waals surface area contributed by atoms with Crippen LogP contribution in [0.3, 0.4) is 0 Å². The lowest BCUT2D eigenvalue weighted by Gasteiger charge is -2.49. The van der Waals surface area contributed by atoms with Crippen molar-refractivity contribution in [3.8, 4) is 5.75 Å². The molecule has 2 aromatic rings. The molecular formula is C25H33FN2O2. The highest BCUT2D eigenvalue weighted by atomic mass is 19.1. The summed E-state index contributed by atoms with van der Waals surface area (Å²) in [7, 11) is 5.80. The molecule has 1 aliphatic carbocycles. The highest BCUT2D eigenvalue weighted by Gasteiger charge is 2.43. The number of amides is 1. The van der Waals surface area contributed by atoms with Crippen molar-refractivity contribution in [3.05, 3.63) is 65.5 Å². The largest absolute Gasteiger partial charge is 0.497 e. The molecule has 1 saturated carbocycles. The first kappa shape index (κ1) is 22.3. The van der Waals surface area contributed by atoms with Gasteiger partial charge in [0, 0.05) is 18.6 Å². The Morgan fingerprint density at radius 2 is 1.73 bits per heavy atom. The summed E-state index contributed by atoms with van der Waals surface area (Å²) in [6, 6.07) is 14.8. The van der Waals surface area contributed by atoms with E-state index in [1.165, 1.54) is 6.07 Å². The van der Waals surface area contributed by atoms with Crippen LogP contribution in [0.25, 0.3) is 0 Å². The number of methoxy groups -OCH3 is 1. The van der Waals surface area contributed by atoms with Crippen molar-refractivity contribution < 1.29 is 13.9 Å². The third-order valence-electron chi connectivity index (χ3n) is 6.78. The first-order valence-corrected chi connectivity index (χ1v) is 10.6. The summed E-state index contributed by atoms with van der Waals surface area (Å²) in [5.74, 6) is 0.627. The van der Waals surface area contributed by atoms with Crippen molar-refractivity contribution in [1.29, 1.82) is 0 Å². The maximum atomic E-state index is 13.9. The van der Waals surface area contributed by atoms with Crippen molar-refractivity contribution in [2.45, 2.75) is 44.7 Å². The monoisotopic (exact) mass is 412 g/mol. The molecule has 0 radical (unpaired) electrons. The number of halogens is 1. The maximum absolute atomic E-state index is 13.9. The molecule has 0 atom stereocenters. The predicted molar refractivity (Wildman–Crippen MR) is 118 cm³/mol. The van der Waals surface area contributed by atoms with Crippen molar-refractivity contribution in [2.75, 3.05) is 27.7 Å². The van der Waals surface area contributed by atoms with E-state index in [2.05, 4.69) is 25.9 Å². The summed E-state index contributed by atoms with van der Waals surface area (Å²) in [6.45, 7) is 3.57. The molecule has 0 aromatic heterocycles. The Kier molecular flexibility index (Phi) is 6.81. The third kappa shape index (κ3) is 4.84. The van der Waals surface area contributed by atoms with Crippen LogP contribution >= 0.6 is 0 Å². The Morgan fingerprint density at radius 1 is 1.07 bits per heavy atom. The SMILES string of the molecule is COc1ccc(CN(C=O)C[C@]2(C)CC[C@@](c3cccc(F)c3)(N(C)C)CC2)cc1. The summed E-state index contributed by atoms with van der Waals surface area (Å²) in [5, 5.41) is 0. The fourth-order valence-corrected chi connectivity index (χ4v) is 4.78. The quantitative estimate of drug-likeness (QED) is 0.582. The first-order valence-electron chi connectivity index (χ1n) is 10.6. The van der Waals surface area contributed by atoms with Crippen LogP contribution in [-0.2, 0) is 16.9 Å². The van der Waals surface area contributed by atoms with Crippen LogP contribution in [-0.4, -0.2) is 44.0 Å². The average Bonchev–Trinajstić information content (AvgIpc) is 2.74. The Morgan fingerprint density at radius 3 is 2.27 bits per heavy atom. The number of hydrogen-bond donors (Lipinski definition) is 0. The first-order chi connectivity index (χ1) is 14.3. The van der Waals surface area contributed by atoms with E-state index in [0.29, 0.717) is 6.54 Å². The van der Waals surface area contributed by atoms with Gasteiger partial charge in [-0.2, -0.15) is 0 Å². The van der Waals surface area contributed by atoms with E-state index in [0.717, 1.165) is 55.5 Å². The van der Waals surface area contributed by atoms with E-state index < -0.39 is 0 Å². The lowest BCUT2D eigenvalue weighted by molar-refractivity contribution is -0.120. The van der Waals surface area contributed by atoms with Crippen molar-refractivity contribution in [1.82, 2.24) is 9.80 Å². The second-order valence-electron chi connectivity index (χ2n) is 9.11. The van der Waals surface area contributed by atoms with Crippen LogP contribution in [0.1, 0.15) is 43.7 Å². The Bertz CT molecular complexity index is 842. The van der Waals surface area contributed by atoms with Gasteiger partial charge in [-0.05, 0) is 80.6 Å². The van der Waals surface area contributed by atoms with Crippen LogP contribution in [0.2, 0.25) is 0 Å². The van der Waals surface area contributed by atoms with Crippen LogP contribution in [0.4, 0.5) is 4.39 Å². The van der Waals surface area contributed by atoms with Crippen molar-refractivity contribution in [2.24, 2.45) is 5.41 Å². The fraction of sp³-hybridized carbons (Fsp3) is 0.480. The number of benzene rings is 2. The molecular weight excluding hydrogens is 379 g/mol. The topological polar surface area (TPSA) is 32.8 Å². The van der Waals surface area contributed by atoms with Crippen LogP contribution in [0.5, 0.6) is 5.75 Å². The molecule has 162 valence electrons. The fourth-order valence-electron chi connectivity index (χ4n) is 4.78. The van der Waals surface area contributed by atoms with Gasteiger partial charge >= 0.3 is 0 Å². The molecule has 1 fully saturated rings. The molecule has 0 saturated heterocycles. The van der Waals surface area contributed by atoms with Crippen LogP contribution in [0.15, 0.2) is 48.5 Å². The molecule has 0 aliphatic heterocycles. The molecule has 1 aliphatic rings. The van der Waals surface area contributed by atoms with Gasteiger partial charge in [0.2, 0.25) is 6.41 Å². The van der Waals surface area contributed by atoms with Crippen LogP contribution in [0, 0.1) is 11.2 Å². The van der Waals surface area contributed by atoms with E-state index in [1.807, 2.05) is 35.2 Å². The van der Waals surface area contributed by atoms with Crippen LogP contribution < -0.4 is 4.74 Å². The molecule has 0 heterocycles. The Labute approximate surface area is 179 Å². The van der Waals surface area contributed by atoms with E-state index in [1.54, 1.807) is 19.2 Å². The summed E-state index contributed by atoms with van der Waals surface area (Å²) < 4.78 is 19.1. The average molecular weight is 413 g/mol. The van der Waals surface area contributed by atoms with E-state index in [4.69, 9.17) is 4.74 Å². The van der Waals surface area contributed by atoms with Gasteiger partial charge in [0.15, 0.2) is 0 Å². The Hall–Kier alpha value is -2.40. The summed E-state index contributed by atoms with van der Waals surface area (Å²) >= 11 is 0. The lowest BCUT2D eigenvalue weighted by atomic mass is 9.65. The molecule has 0 spiro atoms. The zero-order valence-corrected chi connectivity index (χ0v) is 18.5. The number of ether oxygens (including phenoxy) is 1. The third-order valence-corrected chi connectivity index (χ3v) is 6.78. The van der Waals surface area contributed by atoms with Gasteiger partial charge in [0.1, 0.15) is 11.6 Å². The highest BCUT2D eigenvalue weighted by molar-refractivity contribution is 5.47. The Balaban J connectivity index is 1.69. The van der Waals surface area contributed by atoms with Gasteiger partial charge in [-0.15, -0.1) is 0 Å². The number of nitrogens with zero attached hydrogens (tertiary/aromatic N) is 2. The molecule has 4 nitrogen and oxygen atoms in total. The zero-order chi connectivity index (χ0) is 21.8. The summed E-state index contributed by atoms with van der Waals surface area (Å²) in [5.41, 5.74) is 2.01. The molecule has 3 rings (SSSR count). The molecule has 0 unspecified atom stereocenters. The number of rotatable bonds is 8. The van der Waals surface area contributed by atoms with Gasteiger partial charge in [0.05, 0.1) is 7.11 Å². The van der Waals surface area contributed by atoms with Gasteiger partial charge in [0.25, 0.3) is 0 Å². The minimum atomic E-state index is -0.186. The smallest absolute Gasteiger partial charge is 0.210 e. The van der Waals surface area contributed by atoms with Gasteiger partial charge in [-0.1, -0.05) is 31.2 Å². The molecule has 5 heteroatoms. The predicted octanol–water partition coefficient (Wildman–Crippen LogP) is 4.83. The molecule has 0 N–H and O–H groups in total. The minimum Gasteiger partial charge on any atom is -0.497 e. The molecule has 1 amide bonds. The van der Waals surface area contributed by atoms with E-state index in [9.17, 15) is 9.18 Å². The molecule has 0 bridgehead atoms. The van der Waals surface area contributed by atoms with Gasteiger partial charge in [-0.25, -0.2) is 4.39 Å². The summed E-state index contributed by atoms with van der Waals surface area (Å²) in [4.78, 5) is 15.9. The second-order valence-corrected chi connectivity index (χ2v) is 9.11. The summed E-state index contributed by atoms with van der Waals surface area (Å²) in [6.07, 6.45) is 4.80. The number of carbonyl (C=O) groups is 1. The highest BCUT2D eigenvalue weighted by Crippen LogP contribution is 2.48. The molecule has 2 aromatic carbocycles. The second kappa shape index (κ2) is 9.17.